The van der Waals surface area contributed by atoms with Gasteiger partial charge in [0.1, 0.15) is 36.0 Å². The first-order valence-corrected chi connectivity index (χ1v) is 9.70. The fraction of sp³-hybridized carbons (Fsp3) is 0.294. The van der Waals surface area contributed by atoms with Gasteiger partial charge in [-0.3, -0.25) is 14.5 Å². The van der Waals surface area contributed by atoms with Gasteiger partial charge in [-0.2, -0.15) is 5.10 Å². The average molecular weight is 425 g/mol. The van der Waals surface area contributed by atoms with Gasteiger partial charge in [0.25, 0.3) is 5.91 Å². The van der Waals surface area contributed by atoms with E-state index in [1.807, 2.05) is 30.3 Å². The average Bonchev–Trinajstić information content (AvgIpc) is 2.69. The Morgan fingerprint density at radius 2 is 2.14 bits per heavy atom. The van der Waals surface area contributed by atoms with E-state index in [4.69, 9.17) is 16.3 Å². The number of halogens is 1. The van der Waals surface area contributed by atoms with Crippen molar-refractivity contribution >= 4 is 47.4 Å². The SMILES string of the molecule is O=C(CN/N=C/COc1ccccc1)NC1C(=O)N2C(C(=O)O)=C(Cl)CSC12. The molecule has 2 amide bonds. The number of β-lactam (4-membered cyclic amide) rings is 1. The second kappa shape index (κ2) is 8.98. The number of ether oxygens (including phenoxy) is 1. The minimum absolute atomic E-state index is 0.112. The summed E-state index contributed by atoms with van der Waals surface area (Å²) >= 11 is 7.20. The van der Waals surface area contributed by atoms with Crippen LogP contribution in [0, 0.1) is 0 Å². The summed E-state index contributed by atoms with van der Waals surface area (Å²) in [6, 6.07) is 8.43. The van der Waals surface area contributed by atoms with Gasteiger partial charge in [0.05, 0.1) is 11.2 Å². The fourth-order valence-electron chi connectivity index (χ4n) is 2.68. The number of carboxylic acid groups (broad SMARTS) is 1. The van der Waals surface area contributed by atoms with Crippen molar-refractivity contribution in [2.45, 2.75) is 11.4 Å². The van der Waals surface area contributed by atoms with Crippen LogP contribution in [0.4, 0.5) is 0 Å². The zero-order valence-corrected chi connectivity index (χ0v) is 16.1. The molecule has 3 rings (SSSR count). The van der Waals surface area contributed by atoms with Gasteiger partial charge in [-0.25, -0.2) is 4.79 Å². The van der Waals surface area contributed by atoms with Crippen LogP contribution in [0.2, 0.25) is 0 Å². The van der Waals surface area contributed by atoms with Crippen molar-refractivity contribution in [1.82, 2.24) is 15.6 Å². The van der Waals surface area contributed by atoms with E-state index in [2.05, 4.69) is 15.8 Å². The Morgan fingerprint density at radius 1 is 1.39 bits per heavy atom. The monoisotopic (exact) mass is 424 g/mol. The number of hydrogen-bond donors (Lipinski definition) is 3. The summed E-state index contributed by atoms with van der Waals surface area (Å²) in [5.41, 5.74) is 2.35. The van der Waals surface area contributed by atoms with Gasteiger partial charge in [-0.15, -0.1) is 11.8 Å². The number of thioether (sulfide) groups is 1. The molecule has 28 heavy (non-hydrogen) atoms. The third-order valence-corrected chi connectivity index (χ3v) is 5.68. The van der Waals surface area contributed by atoms with Gasteiger partial charge >= 0.3 is 5.97 Å². The summed E-state index contributed by atoms with van der Waals surface area (Å²) in [7, 11) is 0. The number of hydrazone groups is 1. The van der Waals surface area contributed by atoms with Crippen LogP contribution in [0.15, 0.2) is 46.2 Å². The number of carboxylic acids is 1. The molecule has 1 saturated heterocycles. The molecule has 0 saturated carbocycles. The topological polar surface area (TPSA) is 120 Å². The number of benzene rings is 1. The van der Waals surface area contributed by atoms with Crippen LogP contribution < -0.4 is 15.5 Å². The lowest BCUT2D eigenvalue weighted by Gasteiger charge is -2.48. The quantitative estimate of drug-likeness (QED) is 0.317. The molecule has 0 aliphatic carbocycles. The summed E-state index contributed by atoms with van der Waals surface area (Å²) in [5.74, 6) is -1.21. The van der Waals surface area contributed by atoms with Crippen LogP contribution >= 0.6 is 23.4 Å². The highest BCUT2D eigenvalue weighted by molar-refractivity contribution is 8.00. The minimum atomic E-state index is -1.26. The summed E-state index contributed by atoms with van der Waals surface area (Å²) in [6.07, 6.45) is 1.47. The first-order valence-electron chi connectivity index (χ1n) is 8.27. The van der Waals surface area contributed by atoms with E-state index in [-0.39, 0.29) is 29.6 Å². The van der Waals surface area contributed by atoms with Crippen molar-refractivity contribution in [3.8, 4) is 5.75 Å². The molecule has 148 valence electrons. The van der Waals surface area contributed by atoms with Crippen LogP contribution in [0.1, 0.15) is 0 Å². The molecular weight excluding hydrogens is 408 g/mol. The molecule has 1 aromatic carbocycles. The van der Waals surface area contributed by atoms with Crippen LogP contribution in [-0.2, 0) is 14.4 Å². The molecule has 2 unspecified atom stereocenters. The van der Waals surface area contributed by atoms with Crippen LogP contribution in [0.25, 0.3) is 0 Å². The Morgan fingerprint density at radius 3 is 2.86 bits per heavy atom. The van der Waals surface area contributed by atoms with Crippen molar-refractivity contribution in [2.75, 3.05) is 18.9 Å². The van der Waals surface area contributed by atoms with E-state index in [1.54, 1.807) is 0 Å². The summed E-state index contributed by atoms with van der Waals surface area (Å²) < 4.78 is 5.41. The first kappa shape index (κ1) is 20.0. The number of amides is 2. The van der Waals surface area contributed by atoms with E-state index >= 15 is 0 Å². The molecule has 3 N–H and O–H groups in total. The highest BCUT2D eigenvalue weighted by Gasteiger charge is 2.54. The molecule has 0 aromatic heterocycles. The number of rotatable bonds is 8. The summed E-state index contributed by atoms with van der Waals surface area (Å²) in [4.78, 5) is 36.6. The van der Waals surface area contributed by atoms with Gasteiger partial charge in [0.15, 0.2) is 0 Å². The van der Waals surface area contributed by atoms with E-state index < -0.39 is 29.2 Å². The highest BCUT2D eigenvalue weighted by Crippen LogP contribution is 2.41. The maximum atomic E-state index is 12.2. The lowest BCUT2D eigenvalue weighted by atomic mass is 10.1. The number of nitrogens with one attached hydrogen (secondary N) is 2. The molecule has 2 atom stereocenters. The molecular formula is C17H17ClN4O5S. The summed E-state index contributed by atoms with van der Waals surface area (Å²) in [5, 5.41) is 15.3. The maximum absolute atomic E-state index is 12.2. The first-order chi connectivity index (χ1) is 13.5. The van der Waals surface area contributed by atoms with Crippen LogP contribution in [-0.4, -0.2) is 64.3 Å². The molecule has 2 aliphatic heterocycles. The van der Waals surface area contributed by atoms with Gasteiger partial charge in [0, 0.05) is 5.75 Å². The Hall–Kier alpha value is -2.72. The molecule has 2 heterocycles. The third kappa shape index (κ3) is 4.39. The second-order valence-electron chi connectivity index (χ2n) is 5.78. The van der Waals surface area contributed by atoms with Gasteiger partial charge in [-0.05, 0) is 12.1 Å². The molecule has 0 radical (unpaired) electrons. The summed E-state index contributed by atoms with van der Waals surface area (Å²) in [6.45, 7) is 0.101. The lowest BCUT2D eigenvalue weighted by molar-refractivity contribution is -0.150. The zero-order valence-electron chi connectivity index (χ0n) is 14.5. The number of carbonyl (C=O) groups excluding carboxylic acids is 2. The molecule has 0 bridgehead atoms. The largest absolute Gasteiger partial charge is 0.488 e. The number of nitrogens with zero attached hydrogens (tertiary/aromatic N) is 2. The van der Waals surface area contributed by atoms with Crippen molar-refractivity contribution < 1.29 is 24.2 Å². The van der Waals surface area contributed by atoms with Gasteiger partial charge in [0.2, 0.25) is 5.91 Å². The van der Waals surface area contributed by atoms with Crippen molar-refractivity contribution in [2.24, 2.45) is 5.10 Å². The number of hydrogen-bond acceptors (Lipinski definition) is 7. The fourth-order valence-corrected chi connectivity index (χ4v) is 4.23. The third-order valence-electron chi connectivity index (χ3n) is 3.93. The predicted molar refractivity (Wildman–Crippen MR) is 104 cm³/mol. The molecule has 11 heteroatoms. The lowest BCUT2D eigenvalue weighted by Crippen LogP contribution is -2.70. The second-order valence-corrected chi connectivity index (χ2v) is 7.35. The Bertz CT molecular complexity index is 832. The van der Waals surface area contributed by atoms with Crippen molar-refractivity contribution in [3.05, 3.63) is 41.1 Å². The number of para-hydroxylation sites is 1. The van der Waals surface area contributed by atoms with E-state index in [0.717, 1.165) is 4.90 Å². The van der Waals surface area contributed by atoms with E-state index in [1.165, 1.54) is 18.0 Å². The number of fused-ring (bicyclic) bond motifs is 1. The Labute approximate surface area is 169 Å². The molecule has 0 spiro atoms. The highest BCUT2D eigenvalue weighted by atomic mass is 35.5. The Balaban J connectivity index is 1.41. The number of aliphatic carboxylic acids is 1. The zero-order chi connectivity index (χ0) is 20.1. The van der Waals surface area contributed by atoms with Crippen molar-refractivity contribution in [1.29, 1.82) is 0 Å². The number of carbonyl (C=O) groups is 3. The minimum Gasteiger partial charge on any atom is -0.488 e. The smallest absolute Gasteiger partial charge is 0.353 e. The molecule has 1 fully saturated rings. The maximum Gasteiger partial charge on any atom is 0.353 e. The predicted octanol–water partition coefficient (Wildman–Crippen LogP) is 0.576. The Kier molecular flexibility index (Phi) is 6.42. The normalized spacial score (nSPS) is 21.2. The van der Waals surface area contributed by atoms with E-state index in [9.17, 15) is 19.5 Å². The standard InChI is InChI=1S/C17H17ClN4O5S/c18-11-9-28-16-13(15(24)22(16)14(11)17(25)26)21-12(23)8-20-19-6-7-27-10-4-2-1-3-5-10/h1-6,13,16,20H,7-9H2,(H,21,23)(H,25,26)/b19-6+. The van der Waals surface area contributed by atoms with Crippen LogP contribution in [0.3, 0.4) is 0 Å². The van der Waals surface area contributed by atoms with Gasteiger partial charge < -0.3 is 20.6 Å². The molecule has 1 aromatic rings. The van der Waals surface area contributed by atoms with Crippen molar-refractivity contribution in [3.63, 3.8) is 0 Å². The van der Waals surface area contributed by atoms with Crippen LogP contribution in [0.5, 0.6) is 5.75 Å². The van der Waals surface area contributed by atoms with E-state index in [0.29, 0.717) is 5.75 Å². The molecule has 9 nitrogen and oxygen atoms in total. The van der Waals surface area contributed by atoms with Gasteiger partial charge in [-0.1, -0.05) is 29.8 Å². The molecule has 2 aliphatic rings.